The molecular formula is C18H20FN9O. The summed E-state index contributed by atoms with van der Waals surface area (Å²) in [5.74, 6) is -0.852. The highest BCUT2D eigenvalue weighted by Gasteiger charge is 2.24. The summed E-state index contributed by atoms with van der Waals surface area (Å²) in [6, 6.07) is 1.57. The number of H-pyrrole nitrogens is 1. The van der Waals surface area contributed by atoms with Crippen molar-refractivity contribution in [1.29, 1.82) is 0 Å². The normalized spacial score (nSPS) is 11.5. The van der Waals surface area contributed by atoms with Gasteiger partial charge in [0.05, 0.1) is 23.1 Å². The molecule has 0 spiro atoms. The van der Waals surface area contributed by atoms with Crippen LogP contribution < -0.4 is 11.5 Å². The van der Waals surface area contributed by atoms with Crippen LogP contribution in [0.15, 0.2) is 12.3 Å². The molecule has 0 saturated heterocycles. The molecule has 10 nitrogen and oxygen atoms in total. The van der Waals surface area contributed by atoms with E-state index in [1.165, 1.54) is 4.68 Å². The van der Waals surface area contributed by atoms with Gasteiger partial charge in [-0.1, -0.05) is 0 Å². The van der Waals surface area contributed by atoms with Crippen molar-refractivity contribution >= 4 is 16.8 Å². The first kappa shape index (κ1) is 18.7. The molecule has 0 aromatic carbocycles. The average molecular weight is 397 g/mol. The quantitative estimate of drug-likeness (QED) is 0.462. The number of primary amides is 1. The van der Waals surface area contributed by atoms with Crippen LogP contribution in [-0.2, 0) is 20.1 Å². The van der Waals surface area contributed by atoms with E-state index in [9.17, 15) is 9.18 Å². The van der Waals surface area contributed by atoms with Gasteiger partial charge in [0.2, 0.25) is 0 Å². The summed E-state index contributed by atoms with van der Waals surface area (Å²) in [6.07, 6.45) is 1.62. The number of rotatable bonds is 5. The summed E-state index contributed by atoms with van der Waals surface area (Å²) in [6.45, 7) is 4.03. The predicted octanol–water partition coefficient (Wildman–Crippen LogP) is 1.25. The van der Waals surface area contributed by atoms with E-state index in [0.29, 0.717) is 34.5 Å². The Kier molecular flexibility index (Phi) is 4.38. The number of imidazole rings is 1. The number of fused-ring (bicyclic) bond motifs is 1. The Morgan fingerprint density at radius 2 is 2.07 bits per heavy atom. The number of aryl methyl sites for hydroxylation is 3. The highest BCUT2D eigenvalue weighted by Crippen LogP contribution is 2.32. The molecule has 4 rings (SSSR count). The molecule has 5 N–H and O–H groups in total. The second-order valence-electron chi connectivity index (χ2n) is 6.60. The number of nitrogens with one attached hydrogen (secondary N) is 1. The highest BCUT2D eigenvalue weighted by atomic mass is 19.1. The number of halogens is 1. The first-order valence-electron chi connectivity index (χ1n) is 9.00. The molecule has 0 unspecified atom stereocenters. The SMILES string of the molecule is CCn1nc(C)c(F)c1-c1nc(-c2nc(C(N)=O)cc3c2cnn3C)c(CN)[nH]1. The van der Waals surface area contributed by atoms with E-state index in [1.54, 1.807) is 30.9 Å². The van der Waals surface area contributed by atoms with Crippen LogP contribution in [0.25, 0.3) is 33.8 Å². The number of amides is 1. The number of hydrogen-bond donors (Lipinski definition) is 3. The van der Waals surface area contributed by atoms with Crippen molar-refractivity contribution in [3.05, 3.63) is 35.2 Å². The number of pyridine rings is 1. The molecule has 4 aromatic heterocycles. The third-order valence-corrected chi connectivity index (χ3v) is 4.78. The van der Waals surface area contributed by atoms with E-state index in [-0.39, 0.29) is 29.5 Å². The molecular weight excluding hydrogens is 377 g/mol. The summed E-state index contributed by atoms with van der Waals surface area (Å²) in [5, 5.41) is 9.09. The van der Waals surface area contributed by atoms with Gasteiger partial charge in [0.15, 0.2) is 11.6 Å². The molecule has 1 amide bonds. The molecule has 0 aliphatic rings. The molecule has 4 aromatic rings. The van der Waals surface area contributed by atoms with E-state index in [1.807, 2.05) is 6.92 Å². The number of nitrogens with two attached hydrogens (primary N) is 2. The average Bonchev–Trinajstić information content (AvgIpc) is 3.37. The van der Waals surface area contributed by atoms with E-state index in [2.05, 4.69) is 25.1 Å². The van der Waals surface area contributed by atoms with Crippen LogP contribution in [-0.4, -0.2) is 40.4 Å². The molecule has 0 aliphatic heterocycles. The van der Waals surface area contributed by atoms with Crippen LogP contribution in [0.4, 0.5) is 4.39 Å². The summed E-state index contributed by atoms with van der Waals surface area (Å²) >= 11 is 0. The standard InChI is InChI=1S/C18H20FN9O/c1-4-28-16(13(19)8(2)26-28)18-24-11(6-20)15(25-18)14-9-7-22-27(3)12(9)5-10(23-14)17(21)29/h5,7H,4,6,20H2,1-3H3,(H2,21,29)(H,24,25). The maximum Gasteiger partial charge on any atom is 0.267 e. The highest BCUT2D eigenvalue weighted by molar-refractivity contribution is 5.99. The maximum absolute atomic E-state index is 14.7. The van der Waals surface area contributed by atoms with Gasteiger partial charge in [-0.2, -0.15) is 10.2 Å². The fraction of sp³-hybridized carbons (Fsp3) is 0.278. The Labute approximate surface area is 164 Å². The second-order valence-corrected chi connectivity index (χ2v) is 6.60. The van der Waals surface area contributed by atoms with Gasteiger partial charge in [0, 0.05) is 25.5 Å². The molecule has 11 heteroatoms. The largest absolute Gasteiger partial charge is 0.364 e. The number of aromatic nitrogens is 7. The monoisotopic (exact) mass is 397 g/mol. The zero-order valence-electron chi connectivity index (χ0n) is 16.2. The lowest BCUT2D eigenvalue weighted by Gasteiger charge is -2.05. The Bertz CT molecular complexity index is 1250. The molecule has 0 bridgehead atoms. The van der Waals surface area contributed by atoms with Crippen LogP contribution in [0.1, 0.15) is 28.8 Å². The summed E-state index contributed by atoms with van der Waals surface area (Å²) in [7, 11) is 1.74. The third kappa shape index (κ3) is 2.86. The topological polar surface area (TPSA) is 146 Å². The molecule has 150 valence electrons. The minimum Gasteiger partial charge on any atom is -0.364 e. The van der Waals surface area contributed by atoms with Crippen molar-refractivity contribution < 1.29 is 9.18 Å². The molecule has 0 atom stereocenters. The van der Waals surface area contributed by atoms with Crippen molar-refractivity contribution in [2.75, 3.05) is 0 Å². The summed E-state index contributed by atoms with van der Waals surface area (Å²) in [5.41, 5.74) is 14.0. The molecule has 0 saturated carbocycles. The van der Waals surface area contributed by atoms with Gasteiger partial charge in [-0.05, 0) is 19.9 Å². The van der Waals surface area contributed by atoms with Gasteiger partial charge >= 0.3 is 0 Å². The van der Waals surface area contributed by atoms with Crippen LogP contribution in [0.3, 0.4) is 0 Å². The maximum atomic E-state index is 14.7. The first-order chi connectivity index (χ1) is 13.8. The zero-order valence-corrected chi connectivity index (χ0v) is 16.2. The molecule has 29 heavy (non-hydrogen) atoms. The Balaban J connectivity index is 1.99. The van der Waals surface area contributed by atoms with Crippen molar-refractivity contribution in [3.8, 4) is 22.9 Å². The second kappa shape index (κ2) is 6.78. The zero-order chi connectivity index (χ0) is 20.9. The fourth-order valence-electron chi connectivity index (χ4n) is 3.33. The molecule has 4 heterocycles. The van der Waals surface area contributed by atoms with Crippen LogP contribution in [0, 0.1) is 12.7 Å². The summed E-state index contributed by atoms with van der Waals surface area (Å²) in [4.78, 5) is 23.8. The third-order valence-electron chi connectivity index (χ3n) is 4.78. The van der Waals surface area contributed by atoms with Gasteiger partial charge in [0.1, 0.15) is 22.8 Å². The Morgan fingerprint density at radius 1 is 1.31 bits per heavy atom. The first-order valence-corrected chi connectivity index (χ1v) is 9.00. The Morgan fingerprint density at radius 3 is 2.72 bits per heavy atom. The van der Waals surface area contributed by atoms with Crippen LogP contribution >= 0.6 is 0 Å². The molecule has 0 aliphatic carbocycles. The van der Waals surface area contributed by atoms with E-state index >= 15 is 0 Å². The van der Waals surface area contributed by atoms with E-state index in [4.69, 9.17) is 11.5 Å². The number of carbonyl (C=O) groups is 1. The number of carbonyl (C=O) groups excluding carboxylic acids is 1. The van der Waals surface area contributed by atoms with Gasteiger partial charge in [-0.25, -0.2) is 14.4 Å². The van der Waals surface area contributed by atoms with E-state index < -0.39 is 11.7 Å². The predicted molar refractivity (Wildman–Crippen MR) is 104 cm³/mol. The minimum absolute atomic E-state index is 0.0734. The van der Waals surface area contributed by atoms with Crippen molar-refractivity contribution in [2.45, 2.75) is 26.9 Å². The Hall–Kier alpha value is -3.60. The van der Waals surface area contributed by atoms with Gasteiger partial charge < -0.3 is 16.5 Å². The van der Waals surface area contributed by atoms with Gasteiger partial charge in [0.25, 0.3) is 5.91 Å². The number of hydrogen-bond acceptors (Lipinski definition) is 6. The lowest BCUT2D eigenvalue weighted by Crippen LogP contribution is -2.14. The lowest BCUT2D eigenvalue weighted by molar-refractivity contribution is 0.0996. The minimum atomic E-state index is -0.676. The lowest BCUT2D eigenvalue weighted by atomic mass is 10.1. The van der Waals surface area contributed by atoms with Crippen molar-refractivity contribution in [1.82, 2.24) is 34.5 Å². The van der Waals surface area contributed by atoms with Crippen molar-refractivity contribution in [3.63, 3.8) is 0 Å². The van der Waals surface area contributed by atoms with Crippen molar-refractivity contribution in [2.24, 2.45) is 18.5 Å². The van der Waals surface area contributed by atoms with Gasteiger partial charge in [-0.3, -0.25) is 14.2 Å². The van der Waals surface area contributed by atoms with Crippen LogP contribution in [0.5, 0.6) is 0 Å². The van der Waals surface area contributed by atoms with Crippen LogP contribution in [0.2, 0.25) is 0 Å². The number of aromatic amines is 1. The fourth-order valence-corrected chi connectivity index (χ4v) is 3.33. The molecule has 0 fully saturated rings. The van der Waals surface area contributed by atoms with E-state index in [0.717, 1.165) is 0 Å². The smallest absolute Gasteiger partial charge is 0.267 e. The molecule has 0 radical (unpaired) electrons. The summed E-state index contributed by atoms with van der Waals surface area (Å²) < 4.78 is 17.8. The van der Waals surface area contributed by atoms with Gasteiger partial charge in [-0.15, -0.1) is 0 Å². The number of nitrogens with zero attached hydrogens (tertiary/aromatic N) is 6.